The van der Waals surface area contributed by atoms with Crippen molar-refractivity contribution in [1.29, 1.82) is 0 Å². The number of para-hydroxylation sites is 1. The van der Waals surface area contributed by atoms with E-state index in [0.717, 1.165) is 37.3 Å². The zero-order valence-electron chi connectivity index (χ0n) is 15.0. The van der Waals surface area contributed by atoms with Gasteiger partial charge in [-0.2, -0.15) is 0 Å². The molecule has 4 rings (SSSR count). The van der Waals surface area contributed by atoms with Crippen molar-refractivity contribution in [2.75, 3.05) is 31.1 Å². The van der Waals surface area contributed by atoms with Gasteiger partial charge in [-0.05, 0) is 36.6 Å². The first-order valence-corrected chi connectivity index (χ1v) is 8.98. The highest BCUT2D eigenvalue weighted by molar-refractivity contribution is 5.97. The van der Waals surface area contributed by atoms with Crippen LogP contribution < -0.4 is 10.2 Å². The molecule has 1 aromatic carbocycles. The standard InChI is InChI=1S/C20H24N4O.ClH/c1-15-11-16-5-2-3-7-18(16)24(15)20(25)14-23-10-9-22-13-19(23)17-6-4-8-21-12-17;/h2-8,12,15,19,22H,9-11,13-14H2,1H3;1H. The average molecular weight is 373 g/mol. The Kier molecular flexibility index (Phi) is 5.91. The maximum Gasteiger partial charge on any atom is 0.241 e. The van der Waals surface area contributed by atoms with Gasteiger partial charge in [0.25, 0.3) is 0 Å². The molecule has 138 valence electrons. The van der Waals surface area contributed by atoms with Crippen molar-refractivity contribution in [3.63, 3.8) is 0 Å². The second-order valence-corrected chi connectivity index (χ2v) is 6.92. The second kappa shape index (κ2) is 8.16. The fourth-order valence-corrected chi connectivity index (χ4v) is 4.03. The fraction of sp³-hybridized carbons (Fsp3) is 0.400. The van der Waals surface area contributed by atoms with Crippen LogP contribution in [0.2, 0.25) is 0 Å². The van der Waals surface area contributed by atoms with Crippen molar-refractivity contribution in [1.82, 2.24) is 15.2 Å². The van der Waals surface area contributed by atoms with Gasteiger partial charge in [-0.1, -0.05) is 24.3 Å². The quantitative estimate of drug-likeness (QED) is 0.899. The molecule has 2 atom stereocenters. The molecule has 1 N–H and O–H groups in total. The SMILES string of the molecule is CC1Cc2ccccc2N1C(=O)CN1CCNCC1c1cccnc1.Cl. The monoisotopic (exact) mass is 372 g/mol. The van der Waals surface area contributed by atoms with Crippen LogP contribution in [0.5, 0.6) is 0 Å². The minimum absolute atomic E-state index is 0. The summed E-state index contributed by atoms with van der Waals surface area (Å²) in [6.07, 6.45) is 4.64. The zero-order chi connectivity index (χ0) is 17.2. The van der Waals surface area contributed by atoms with E-state index in [0.29, 0.717) is 6.54 Å². The van der Waals surface area contributed by atoms with Gasteiger partial charge < -0.3 is 10.2 Å². The maximum atomic E-state index is 13.1. The summed E-state index contributed by atoms with van der Waals surface area (Å²) in [7, 11) is 0. The number of rotatable bonds is 3. The number of fused-ring (bicyclic) bond motifs is 1. The van der Waals surface area contributed by atoms with E-state index in [9.17, 15) is 4.79 Å². The molecule has 26 heavy (non-hydrogen) atoms. The number of amides is 1. The van der Waals surface area contributed by atoms with Gasteiger partial charge >= 0.3 is 0 Å². The summed E-state index contributed by atoms with van der Waals surface area (Å²) < 4.78 is 0. The normalized spacial score (nSPS) is 22.6. The van der Waals surface area contributed by atoms with Gasteiger partial charge in [0.2, 0.25) is 5.91 Å². The zero-order valence-corrected chi connectivity index (χ0v) is 15.8. The van der Waals surface area contributed by atoms with Crippen molar-refractivity contribution in [3.8, 4) is 0 Å². The summed E-state index contributed by atoms with van der Waals surface area (Å²) in [6, 6.07) is 12.7. The van der Waals surface area contributed by atoms with Gasteiger partial charge in [-0.25, -0.2) is 0 Å². The lowest BCUT2D eigenvalue weighted by atomic mass is 10.1. The molecule has 3 heterocycles. The Bertz CT molecular complexity index is 754. The molecule has 0 radical (unpaired) electrons. The molecule has 5 nitrogen and oxygen atoms in total. The summed E-state index contributed by atoms with van der Waals surface area (Å²) in [6.45, 7) is 5.21. The third-order valence-electron chi connectivity index (χ3n) is 5.24. The number of halogens is 1. The Morgan fingerprint density at radius 2 is 2.12 bits per heavy atom. The molecule has 6 heteroatoms. The molecule has 0 bridgehead atoms. The third kappa shape index (κ3) is 3.61. The molecule has 0 spiro atoms. The van der Waals surface area contributed by atoms with Crippen molar-refractivity contribution >= 4 is 24.0 Å². The number of pyridine rings is 1. The minimum Gasteiger partial charge on any atom is -0.314 e. The molecular weight excluding hydrogens is 348 g/mol. The van der Waals surface area contributed by atoms with Crippen LogP contribution in [0.3, 0.4) is 0 Å². The highest BCUT2D eigenvalue weighted by Gasteiger charge is 2.33. The topological polar surface area (TPSA) is 48.5 Å². The number of nitrogens with one attached hydrogen (secondary N) is 1. The second-order valence-electron chi connectivity index (χ2n) is 6.92. The number of carbonyl (C=O) groups excluding carboxylic acids is 1. The predicted octanol–water partition coefficient (Wildman–Crippen LogP) is 2.43. The van der Waals surface area contributed by atoms with Crippen molar-refractivity contribution < 1.29 is 4.79 Å². The highest BCUT2D eigenvalue weighted by Crippen LogP contribution is 2.32. The number of aromatic nitrogens is 1. The lowest BCUT2D eigenvalue weighted by Gasteiger charge is -2.37. The minimum atomic E-state index is 0. The molecule has 1 aromatic heterocycles. The lowest BCUT2D eigenvalue weighted by molar-refractivity contribution is -0.120. The Morgan fingerprint density at radius 3 is 2.92 bits per heavy atom. The van der Waals surface area contributed by atoms with E-state index < -0.39 is 0 Å². The van der Waals surface area contributed by atoms with E-state index in [4.69, 9.17) is 0 Å². The summed E-state index contributed by atoms with van der Waals surface area (Å²) >= 11 is 0. The molecule has 0 aliphatic carbocycles. The highest BCUT2D eigenvalue weighted by atomic mass is 35.5. The van der Waals surface area contributed by atoms with E-state index in [2.05, 4.69) is 40.3 Å². The van der Waals surface area contributed by atoms with Crippen LogP contribution in [-0.2, 0) is 11.2 Å². The first-order valence-electron chi connectivity index (χ1n) is 8.98. The predicted molar refractivity (Wildman–Crippen MR) is 106 cm³/mol. The van der Waals surface area contributed by atoms with Gasteiger partial charge in [-0.3, -0.25) is 14.7 Å². The molecular formula is C20H25ClN4O. The van der Waals surface area contributed by atoms with Gasteiger partial charge in [0.15, 0.2) is 0 Å². The molecule has 1 amide bonds. The van der Waals surface area contributed by atoms with E-state index in [1.807, 2.05) is 29.3 Å². The molecule has 1 fully saturated rings. The van der Waals surface area contributed by atoms with E-state index >= 15 is 0 Å². The van der Waals surface area contributed by atoms with Crippen LogP contribution in [-0.4, -0.2) is 48.0 Å². The number of piperazine rings is 1. The molecule has 2 aliphatic rings. The van der Waals surface area contributed by atoms with E-state index in [-0.39, 0.29) is 30.4 Å². The summed E-state index contributed by atoms with van der Waals surface area (Å²) in [5.41, 5.74) is 3.51. The molecule has 2 aliphatic heterocycles. The van der Waals surface area contributed by atoms with Crippen LogP contribution in [0.15, 0.2) is 48.8 Å². The van der Waals surface area contributed by atoms with Crippen LogP contribution in [0.1, 0.15) is 24.1 Å². The van der Waals surface area contributed by atoms with Crippen molar-refractivity contribution in [2.24, 2.45) is 0 Å². The van der Waals surface area contributed by atoms with Crippen LogP contribution in [0.25, 0.3) is 0 Å². The third-order valence-corrected chi connectivity index (χ3v) is 5.24. The van der Waals surface area contributed by atoms with Gasteiger partial charge in [0, 0.05) is 49.8 Å². The van der Waals surface area contributed by atoms with Gasteiger partial charge in [0.1, 0.15) is 0 Å². The number of hydrogen-bond acceptors (Lipinski definition) is 4. The van der Waals surface area contributed by atoms with E-state index in [1.165, 1.54) is 5.56 Å². The average Bonchev–Trinajstić information content (AvgIpc) is 2.98. The van der Waals surface area contributed by atoms with Crippen molar-refractivity contribution in [3.05, 3.63) is 59.9 Å². The van der Waals surface area contributed by atoms with Crippen LogP contribution in [0.4, 0.5) is 5.69 Å². The molecule has 2 aromatic rings. The van der Waals surface area contributed by atoms with Crippen molar-refractivity contribution in [2.45, 2.75) is 25.4 Å². The van der Waals surface area contributed by atoms with Crippen LogP contribution in [0, 0.1) is 0 Å². The summed E-state index contributed by atoms with van der Waals surface area (Å²) in [4.78, 5) is 21.6. The molecule has 2 unspecified atom stereocenters. The number of benzene rings is 1. The largest absolute Gasteiger partial charge is 0.314 e. The fourth-order valence-electron chi connectivity index (χ4n) is 4.03. The van der Waals surface area contributed by atoms with Gasteiger partial charge in [-0.15, -0.1) is 12.4 Å². The number of anilines is 1. The summed E-state index contributed by atoms with van der Waals surface area (Å²) in [5, 5.41) is 3.44. The molecule has 0 saturated carbocycles. The lowest BCUT2D eigenvalue weighted by Crippen LogP contribution is -2.51. The Labute approximate surface area is 160 Å². The van der Waals surface area contributed by atoms with Crippen LogP contribution >= 0.6 is 12.4 Å². The van der Waals surface area contributed by atoms with Gasteiger partial charge in [0.05, 0.1) is 6.54 Å². The summed E-state index contributed by atoms with van der Waals surface area (Å²) in [5.74, 6) is 0.188. The maximum absolute atomic E-state index is 13.1. The Balaban J connectivity index is 0.00000196. The number of carbonyl (C=O) groups is 1. The van der Waals surface area contributed by atoms with E-state index in [1.54, 1.807) is 6.20 Å². The Hall–Kier alpha value is -1.95. The Morgan fingerprint density at radius 1 is 1.27 bits per heavy atom. The smallest absolute Gasteiger partial charge is 0.241 e. The molecule has 1 saturated heterocycles. The number of nitrogens with zero attached hydrogens (tertiary/aromatic N) is 3. The first kappa shape index (κ1) is 18.8. The first-order chi connectivity index (χ1) is 12.2. The number of hydrogen-bond donors (Lipinski definition) is 1.